The molecule has 5 aromatic carbocycles. The van der Waals surface area contributed by atoms with Crippen molar-refractivity contribution < 1.29 is 14.6 Å². The van der Waals surface area contributed by atoms with Crippen LogP contribution < -0.4 is 10.3 Å². The van der Waals surface area contributed by atoms with Crippen LogP contribution in [0.2, 0.25) is 5.02 Å². The summed E-state index contributed by atoms with van der Waals surface area (Å²) in [6.07, 6.45) is 0.0659. The van der Waals surface area contributed by atoms with Crippen molar-refractivity contribution in [3.05, 3.63) is 142 Å². The number of halogens is 1. The molecule has 41 heavy (non-hydrogen) atoms. The second-order valence-corrected chi connectivity index (χ2v) is 10.1. The number of pyridine rings is 1. The van der Waals surface area contributed by atoms with Crippen LogP contribution in [0.1, 0.15) is 5.56 Å². The molecule has 0 aliphatic heterocycles. The summed E-state index contributed by atoms with van der Waals surface area (Å²) < 4.78 is 5.42. The number of phenols is 1. The zero-order chi connectivity index (χ0) is 28.3. The number of carbonyl (C=O) groups is 1. The molecule has 200 valence electrons. The zero-order valence-electron chi connectivity index (χ0n) is 21.8. The van der Waals surface area contributed by atoms with Gasteiger partial charge in [-0.1, -0.05) is 96.5 Å². The molecule has 0 bridgehead atoms. The molecule has 0 atom stereocenters. The van der Waals surface area contributed by atoms with Crippen molar-refractivity contribution in [1.29, 1.82) is 0 Å². The summed E-state index contributed by atoms with van der Waals surface area (Å²) in [4.78, 5) is 28.5. The number of aromatic nitrogens is 1. The maximum atomic E-state index is 13.1. The summed E-state index contributed by atoms with van der Waals surface area (Å²) in [6, 6.07) is 36.8. The lowest BCUT2D eigenvalue weighted by atomic mass is 9.97. The molecule has 0 fully saturated rings. The second kappa shape index (κ2) is 11.2. The van der Waals surface area contributed by atoms with Gasteiger partial charge in [-0.25, -0.2) is 0 Å². The van der Waals surface area contributed by atoms with Crippen molar-refractivity contribution in [1.82, 2.24) is 4.98 Å². The maximum Gasteiger partial charge on any atom is 0.315 e. The Kier molecular flexibility index (Phi) is 7.11. The number of nitrogens with one attached hydrogen (secondary N) is 1. The molecule has 0 aliphatic carbocycles. The van der Waals surface area contributed by atoms with Gasteiger partial charge in [0.05, 0.1) is 11.4 Å². The molecule has 6 heteroatoms. The van der Waals surface area contributed by atoms with Gasteiger partial charge in [0.1, 0.15) is 11.5 Å². The van der Waals surface area contributed by atoms with Crippen molar-refractivity contribution >= 4 is 28.5 Å². The number of para-hydroxylation sites is 1. The molecular formula is C35H24ClNO4. The van der Waals surface area contributed by atoms with E-state index in [2.05, 4.69) is 4.98 Å². The molecule has 0 unspecified atom stereocenters. The summed E-state index contributed by atoms with van der Waals surface area (Å²) >= 11 is 6.64. The number of aromatic hydroxyl groups is 1. The van der Waals surface area contributed by atoms with Crippen molar-refractivity contribution in [2.75, 3.05) is 0 Å². The van der Waals surface area contributed by atoms with Crippen LogP contribution in [-0.4, -0.2) is 16.1 Å². The minimum atomic E-state index is -0.387. The summed E-state index contributed by atoms with van der Waals surface area (Å²) in [5.74, 6) is 0.244. The van der Waals surface area contributed by atoms with Gasteiger partial charge in [-0.05, 0) is 64.0 Å². The van der Waals surface area contributed by atoms with E-state index >= 15 is 0 Å². The van der Waals surface area contributed by atoms with Gasteiger partial charge in [0.25, 0.3) is 5.56 Å². The number of fused-ring (bicyclic) bond motifs is 1. The van der Waals surface area contributed by atoms with Crippen LogP contribution in [-0.2, 0) is 11.2 Å². The fourth-order valence-corrected chi connectivity index (χ4v) is 5.17. The molecule has 6 rings (SSSR count). The number of esters is 1. The Morgan fingerprint density at radius 2 is 1.39 bits per heavy atom. The SMILES string of the molecule is O=C(Cc1cccc(-c2cc3cc(-c4ccc(-c5ccccc5)c(O)c4)c(Cl)cc3[nH]c2=O)c1)Oc1ccccc1. The summed E-state index contributed by atoms with van der Waals surface area (Å²) in [6.45, 7) is 0. The van der Waals surface area contributed by atoms with Crippen molar-refractivity contribution in [3.8, 4) is 44.9 Å². The van der Waals surface area contributed by atoms with E-state index in [1.165, 1.54) is 0 Å². The van der Waals surface area contributed by atoms with Crippen LogP contribution in [0.4, 0.5) is 0 Å². The van der Waals surface area contributed by atoms with Gasteiger partial charge in [-0.3, -0.25) is 9.59 Å². The molecule has 1 heterocycles. The molecule has 0 amide bonds. The molecule has 0 saturated carbocycles. The third-order valence-corrected chi connectivity index (χ3v) is 7.20. The van der Waals surface area contributed by atoms with Crippen LogP contribution in [0.15, 0.2) is 126 Å². The highest BCUT2D eigenvalue weighted by atomic mass is 35.5. The van der Waals surface area contributed by atoms with Gasteiger partial charge in [-0.15, -0.1) is 0 Å². The topological polar surface area (TPSA) is 79.4 Å². The molecule has 0 spiro atoms. The maximum absolute atomic E-state index is 13.1. The van der Waals surface area contributed by atoms with Crippen LogP contribution >= 0.6 is 11.6 Å². The molecule has 2 N–H and O–H groups in total. The molecule has 5 nitrogen and oxygen atoms in total. The quantitative estimate of drug-likeness (QED) is 0.160. The average molecular weight is 558 g/mol. The predicted octanol–water partition coefficient (Wildman–Crippen LogP) is 8.04. The van der Waals surface area contributed by atoms with Crippen molar-refractivity contribution in [2.45, 2.75) is 6.42 Å². The number of aromatic amines is 1. The molecule has 0 saturated heterocycles. The standard InChI is InChI=1S/C35H24ClNO4/c36-31-21-32-26(18-29(31)25-14-15-28(33(38)20-25)23-9-3-1-4-10-23)19-30(35(40)37-32)24-11-7-8-22(16-24)17-34(39)41-27-12-5-2-6-13-27/h1-16,18-21,38H,17H2,(H,37,40). The van der Waals surface area contributed by atoms with Crippen LogP contribution in [0.5, 0.6) is 11.5 Å². The van der Waals surface area contributed by atoms with E-state index in [1.54, 1.807) is 36.4 Å². The molecule has 0 radical (unpaired) electrons. The minimum absolute atomic E-state index is 0.0659. The zero-order valence-corrected chi connectivity index (χ0v) is 22.6. The molecule has 1 aromatic heterocycles. The molecule has 0 aliphatic rings. The highest BCUT2D eigenvalue weighted by Gasteiger charge is 2.14. The number of H-pyrrole nitrogens is 1. The van der Waals surface area contributed by atoms with E-state index in [1.807, 2.05) is 84.9 Å². The van der Waals surface area contributed by atoms with Crippen molar-refractivity contribution in [2.24, 2.45) is 0 Å². The fourth-order valence-electron chi connectivity index (χ4n) is 4.90. The monoisotopic (exact) mass is 557 g/mol. The number of ether oxygens (including phenoxy) is 1. The predicted molar refractivity (Wildman–Crippen MR) is 163 cm³/mol. The third-order valence-electron chi connectivity index (χ3n) is 6.89. The lowest BCUT2D eigenvalue weighted by molar-refractivity contribution is -0.133. The average Bonchev–Trinajstić information content (AvgIpc) is 2.97. The number of carbonyl (C=O) groups excluding carboxylic acids is 1. The van der Waals surface area contributed by atoms with E-state index in [0.717, 1.165) is 33.2 Å². The molecule has 6 aromatic rings. The van der Waals surface area contributed by atoms with Crippen LogP contribution in [0.3, 0.4) is 0 Å². The number of phenolic OH excluding ortho intramolecular Hbond substituents is 1. The van der Waals surface area contributed by atoms with Gasteiger partial charge >= 0.3 is 5.97 Å². The summed E-state index contributed by atoms with van der Waals surface area (Å²) in [7, 11) is 0. The Labute approximate surface area is 241 Å². The highest BCUT2D eigenvalue weighted by molar-refractivity contribution is 6.34. The number of hydrogen-bond donors (Lipinski definition) is 2. The number of hydrogen-bond acceptors (Lipinski definition) is 4. The Hall–Kier alpha value is -5.13. The van der Waals surface area contributed by atoms with Crippen molar-refractivity contribution in [3.63, 3.8) is 0 Å². The lowest BCUT2D eigenvalue weighted by Crippen LogP contribution is -2.12. The van der Waals surface area contributed by atoms with E-state index in [4.69, 9.17) is 16.3 Å². The van der Waals surface area contributed by atoms with E-state index in [9.17, 15) is 14.7 Å². The van der Waals surface area contributed by atoms with Crippen LogP contribution in [0.25, 0.3) is 44.3 Å². The number of benzene rings is 5. The normalized spacial score (nSPS) is 11.0. The smallest absolute Gasteiger partial charge is 0.315 e. The summed E-state index contributed by atoms with van der Waals surface area (Å²) in [5.41, 5.74) is 5.32. The Bertz CT molecular complexity index is 1950. The van der Waals surface area contributed by atoms with Gasteiger partial charge in [0.15, 0.2) is 0 Å². The lowest BCUT2D eigenvalue weighted by Gasteiger charge is -2.12. The first kappa shape index (κ1) is 26.1. The first-order valence-electron chi connectivity index (χ1n) is 13.0. The number of rotatable bonds is 6. The van der Waals surface area contributed by atoms with Gasteiger partial charge in [0.2, 0.25) is 0 Å². The van der Waals surface area contributed by atoms with E-state index in [-0.39, 0.29) is 23.7 Å². The largest absolute Gasteiger partial charge is 0.507 e. The Morgan fingerprint density at radius 3 is 2.15 bits per heavy atom. The molecular weight excluding hydrogens is 534 g/mol. The fraction of sp³-hybridized carbons (Fsp3) is 0.0286. The van der Waals surface area contributed by atoms with Gasteiger partial charge in [0, 0.05) is 22.2 Å². The van der Waals surface area contributed by atoms with E-state index < -0.39 is 0 Å². The summed E-state index contributed by atoms with van der Waals surface area (Å²) in [5, 5.41) is 12.0. The van der Waals surface area contributed by atoms with E-state index in [0.29, 0.717) is 27.4 Å². The Morgan fingerprint density at radius 1 is 0.707 bits per heavy atom. The Balaban J connectivity index is 1.32. The first-order chi connectivity index (χ1) is 19.9. The van der Waals surface area contributed by atoms with Crippen LogP contribution in [0, 0.1) is 0 Å². The second-order valence-electron chi connectivity index (χ2n) is 9.69. The third kappa shape index (κ3) is 5.62. The van der Waals surface area contributed by atoms with Gasteiger partial charge in [-0.2, -0.15) is 0 Å². The minimum Gasteiger partial charge on any atom is -0.507 e. The van der Waals surface area contributed by atoms with Gasteiger partial charge < -0.3 is 14.8 Å². The highest BCUT2D eigenvalue weighted by Crippen LogP contribution is 2.37. The first-order valence-corrected chi connectivity index (χ1v) is 13.4.